The zero-order valence-electron chi connectivity index (χ0n) is 16.6. The molecule has 0 aliphatic rings. The number of alkyl halides is 3. The van der Waals surface area contributed by atoms with Crippen LogP contribution in [0.2, 0.25) is 0 Å². The number of fused-ring (bicyclic) bond motifs is 1. The number of aryl methyl sites for hydroxylation is 1. The topological polar surface area (TPSA) is 56.5 Å². The second kappa shape index (κ2) is 8.73. The van der Waals surface area contributed by atoms with Gasteiger partial charge in [-0.1, -0.05) is 31.9 Å². The van der Waals surface area contributed by atoms with E-state index < -0.39 is 23.3 Å². The Morgan fingerprint density at radius 2 is 1.80 bits per heavy atom. The molecule has 3 aromatic rings. The van der Waals surface area contributed by atoms with Crippen LogP contribution in [-0.2, 0) is 17.4 Å². The van der Waals surface area contributed by atoms with Crippen LogP contribution in [0.4, 0.5) is 13.2 Å². The van der Waals surface area contributed by atoms with Crippen molar-refractivity contribution in [3.8, 4) is 16.9 Å². The molecule has 0 amide bonds. The van der Waals surface area contributed by atoms with E-state index in [1.165, 1.54) is 37.3 Å². The van der Waals surface area contributed by atoms with Gasteiger partial charge >= 0.3 is 17.8 Å². The molecular weight excluding hydrogens is 397 g/mol. The van der Waals surface area contributed by atoms with E-state index in [9.17, 15) is 22.8 Å². The number of ether oxygens (including phenoxy) is 1. The number of esters is 1. The molecule has 4 nitrogen and oxygen atoms in total. The molecule has 158 valence electrons. The van der Waals surface area contributed by atoms with Crippen molar-refractivity contribution in [1.29, 1.82) is 0 Å². The summed E-state index contributed by atoms with van der Waals surface area (Å²) >= 11 is 0. The molecule has 0 N–H and O–H groups in total. The fourth-order valence-corrected chi connectivity index (χ4v) is 3.30. The fourth-order valence-electron chi connectivity index (χ4n) is 3.30. The van der Waals surface area contributed by atoms with Crippen molar-refractivity contribution in [3.63, 3.8) is 0 Å². The number of benzene rings is 2. The molecule has 30 heavy (non-hydrogen) atoms. The Morgan fingerprint density at radius 1 is 1.03 bits per heavy atom. The maximum atomic E-state index is 13.7. The van der Waals surface area contributed by atoms with E-state index in [-0.39, 0.29) is 22.5 Å². The highest BCUT2D eigenvalue weighted by Gasteiger charge is 2.34. The van der Waals surface area contributed by atoms with Crippen LogP contribution in [0, 0.1) is 0 Å². The monoisotopic (exact) mass is 418 g/mol. The molecule has 3 rings (SSSR count). The quantitative estimate of drug-likeness (QED) is 0.209. The molecule has 0 bridgehead atoms. The van der Waals surface area contributed by atoms with Crippen LogP contribution in [0.3, 0.4) is 0 Å². The number of halogens is 3. The van der Waals surface area contributed by atoms with E-state index in [2.05, 4.69) is 0 Å². The third-order valence-electron chi connectivity index (χ3n) is 4.72. The van der Waals surface area contributed by atoms with E-state index in [1.807, 2.05) is 6.92 Å². The maximum Gasteiger partial charge on any atom is 0.417 e. The Kier molecular flexibility index (Phi) is 6.29. The minimum atomic E-state index is -4.61. The van der Waals surface area contributed by atoms with Crippen molar-refractivity contribution in [2.24, 2.45) is 0 Å². The summed E-state index contributed by atoms with van der Waals surface area (Å²) in [5.74, 6) is -0.361. The summed E-state index contributed by atoms with van der Waals surface area (Å²) in [6, 6.07) is 9.77. The average molecular weight is 418 g/mol. The van der Waals surface area contributed by atoms with Crippen LogP contribution < -0.4 is 10.4 Å². The van der Waals surface area contributed by atoms with Gasteiger partial charge in [0.1, 0.15) is 11.3 Å². The molecule has 0 aliphatic carbocycles. The number of carbonyl (C=O) groups is 1. The van der Waals surface area contributed by atoms with Gasteiger partial charge in [-0.05, 0) is 42.7 Å². The smallest absolute Gasteiger partial charge is 0.417 e. The molecule has 0 atom stereocenters. The maximum absolute atomic E-state index is 13.7. The Hall–Kier alpha value is -3.09. The lowest BCUT2D eigenvalue weighted by molar-refractivity contribution is -0.137. The molecular formula is C23H21F3O4. The lowest BCUT2D eigenvalue weighted by Gasteiger charge is -2.15. The van der Waals surface area contributed by atoms with Gasteiger partial charge in [0.15, 0.2) is 0 Å². The van der Waals surface area contributed by atoms with E-state index in [1.54, 1.807) is 6.07 Å². The highest BCUT2D eigenvalue weighted by Crippen LogP contribution is 2.38. The zero-order chi connectivity index (χ0) is 21.9. The van der Waals surface area contributed by atoms with Crippen molar-refractivity contribution in [2.75, 3.05) is 0 Å². The highest BCUT2D eigenvalue weighted by molar-refractivity contribution is 5.84. The summed E-state index contributed by atoms with van der Waals surface area (Å²) in [6.45, 7) is 3.26. The summed E-state index contributed by atoms with van der Waals surface area (Å²) < 4.78 is 51.4. The van der Waals surface area contributed by atoms with Crippen LogP contribution in [0.5, 0.6) is 5.75 Å². The largest absolute Gasteiger partial charge is 0.427 e. The van der Waals surface area contributed by atoms with Gasteiger partial charge in [-0.2, -0.15) is 13.2 Å². The zero-order valence-corrected chi connectivity index (χ0v) is 16.6. The molecule has 0 radical (unpaired) electrons. The van der Waals surface area contributed by atoms with E-state index in [4.69, 9.17) is 9.15 Å². The fraction of sp³-hybridized carbons (Fsp3) is 0.304. The summed E-state index contributed by atoms with van der Waals surface area (Å²) in [6.07, 6.45) is -1.36. The van der Waals surface area contributed by atoms with Gasteiger partial charge in [-0.3, -0.25) is 4.79 Å². The highest BCUT2D eigenvalue weighted by atomic mass is 19.4. The third kappa shape index (κ3) is 4.90. The third-order valence-corrected chi connectivity index (χ3v) is 4.72. The van der Waals surface area contributed by atoms with Gasteiger partial charge in [0.05, 0.1) is 11.1 Å². The van der Waals surface area contributed by atoms with Crippen LogP contribution in [0.25, 0.3) is 22.1 Å². The molecule has 1 heterocycles. The second-order valence-electron chi connectivity index (χ2n) is 7.08. The number of rotatable bonds is 6. The van der Waals surface area contributed by atoms with Gasteiger partial charge in [0.25, 0.3) is 0 Å². The first-order valence-electron chi connectivity index (χ1n) is 9.66. The van der Waals surface area contributed by atoms with Gasteiger partial charge in [0.2, 0.25) is 0 Å². The standard InChI is InChI=1S/C23H21F3O4/c1-3-4-5-6-15-7-10-18(20(11-15)23(24,25)26)19-12-16-8-9-17(29-14(2)27)13-21(16)30-22(19)28/h7-13H,3-6H2,1-2H3. The SMILES string of the molecule is CCCCCc1ccc(-c2cc3ccc(OC(C)=O)cc3oc2=O)c(C(F)(F)F)c1. The van der Waals surface area contributed by atoms with Gasteiger partial charge in [-0.15, -0.1) is 0 Å². The normalized spacial score (nSPS) is 11.6. The molecule has 0 aliphatic heterocycles. The van der Waals surface area contributed by atoms with Gasteiger partial charge < -0.3 is 9.15 Å². The number of hydrogen-bond acceptors (Lipinski definition) is 4. The van der Waals surface area contributed by atoms with Gasteiger partial charge in [0, 0.05) is 23.9 Å². The minimum absolute atomic E-state index is 0.118. The Bertz CT molecular complexity index is 1130. The predicted molar refractivity (Wildman–Crippen MR) is 107 cm³/mol. The molecule has 0 saturated carbocycles. The lowest BCUT2D eigenvalue weighted by atomic mass is 9.95. The first-order chi connectivity index (χ1) is 14.2. The molecule has 2 aromatic carbocycles. The number of hydrogen-bond donors (Lipinski definition) is 0. The summed E-state index contributed by atoms with van der Waals surface area (Å²) in [4.78, 5) is 23.6. The summed E-state index contributed by atoms with van der Waals surface area (Å²) in [5, 5.41) is 0.417. The predicted octanol–water partition coefficient (Wildman–Crippen LogP) is 6.14. The van der Waals surface area contributed by atoms with Crippen molar-refractivity contribution >= 4 is 16.9 Å². The Balaban J connectivity index is 2.08. The molecule has 0 fully saturated rings. The van der Waals surface area contributed by atoms with Crippen molar-refractivity contribution in [2.45, 2.75) is 45.7 Å². The van der Waals surface area contributed by atoms with E-state index >= 15 is 0 Å². The number of carbonyl (C=O) groups excluding carboxylic acids is 1. The second-order valence-corrected chi connectivity index (χ2v) is 7.08. The molecule has 7 heteroatoms. The molecule has 0 unspecified atom stereocenters. The minimum Gasteiger partial charge on any atom is -0.427 e. The van der Waals surface area contributed by atoms with Crippen LogP contribution in [-0.4, -0.2) is 5.97 Å². The van der Waals surface area contributed by atoms with Crippen molar-refractivity contribution < 1.29 is 27.1 Å². The van der Waals surface area contributed by atoms with Crippen LogP contribution in [0.1, 0.15) is 44.2 Å². The van der Waals surface area contributed by atoms with Gasteiger partial charge in [-0.25, -0.2) is 4.79 Å². The van der Waals surface area contributed by atoms with E-state index in [0.717, 1.165) is 25.3 Å². The van der Waals surface area contributed by atoms with Crippen molar-refractivity contribution in [3.05, 3.63) is 64.0 Å². The molecule has 1 aromatic heterocycles. The van der Waals surface area contributed by atoms with E-state index in [0.29, 0.717) is 17.4 Å². The Morgan fingerprint density at radius 3 is 2.47 bits per heavy atom. The van der Waals surface area contributed by atoms with Crippen molar-refractivity contribution in [1.82, 2.24) is 0 Å². The first kappa shape index (κ1) is 21.6. The lowest BCUT2D eigenvalue weighted by Crippen LogP contribution is -2.12. The van der Waals surface area contributed by atoms with Crippen LogP contribution >= 0.6 is 0 Å². The summed E-state index contributed by atoms with van der Waals surface area (Å²) in [7, 11) is 0. The average Bonchev–Trinajstić information content (AvgIpc) is 2.66. The number of unbranched alkanes of at least 4 members (excludes halogenated alkanes) is 2. The molecule has 0 spiro atoms. The first-order valence-corrected chi connectivity index (χ1v) is 9.66. The molecule has 0 saturated heterocycles. The summed E-state index contributed by atoms with van der Waals surface area (Å²) in [5.41, 5.74) is -1.45. The Labute approximate surface area is 171 Å². The van der Waals surface area contributed by atoms with Crippen LogP contribution in [0.15, 0.2) is 51.7 Å².